The van der Waals surface area contributed by atoms with Crippen LogP contribution in [0.3, 0.4) is 0 Å². The highest BCUT2D eigenvalue weighted by molar-refractivity contribution is 5.93. The van der Waals surface area contributed by atoms with Crippen LogP contribution in [0.15, 0.2) is 64.4 Å². The third-order valence-corrected chi connectivity index (χ3v) is 3.97. The van der Waals surface area contributed by atoms with Gasteiger partial charge < -0.3 is 9.42 Å². The molecule has 134 valence electrons. The van der Waals surface area contributed by atoms with Gasteiger partial charge in [-0.3, -0.25) is 19.0 Å². The summed E-state index contributed by atoms with van der Waals surface area (Å²) in [6, 6.07) is 8.67. The number of amides is 1. The van der Waals surface area contributed by atoms with Crippen molar-refractivity contribution in [3.05, 3.63) is 76.9 Å². The van der Waals surface area contributed by atoms with Gasteiger partial charge in [0.1, 0.15) is 17.8 Å². The maximum absolute atomic E-state index is 12.7. The summed E-state index contributed by atoms with van der Waals surface area (Å²) in [7, 11) is 1.55. The molecule has 0 saturated heterocycles. The molecule has 0 aliphatic carbocycles. The van der Waals surface area contributed by atoms with Crippen molar-refractivity contribution in [2.24, 2.45) is 0 Å². The Morgan fingerprint density at radius 1 is 1.22 bits per heavy atom. The van der Waals surface area contributed by atoms with Crippen LogP contribution in [0.4, 0.5) is 0 Å². The summed E-state index contributed by atoms with van der Waals surface area (Å²) < 4.78 is 6.53. The van der Waals surface area contributed by atoms with Crippen molar-refractivity contribution in [1.82, 2.24) is 29.4 Å². The zero-order valence-electron chi connectivity index (χ0n) is 14.3. The Balaban J connectivity index is 1.56. The fourth-order valence-electron chi connectivity index (χ4n) is 2.59. The van der Waals surface area contributed by atoms with E-state index in [1.165, 1.54) is 15.5 Å². The van der Waals surface area contributed by atoms with E-state index in [1.54, 1.807) is 56.0 Å². The molecule has 9 nitrogen and oxygen atoms in total. The Hall–Kier alpha value is -3.88. The van der Waals surface area contributed by atoms with E-state index in [9.17, 15) is 9.59 Å². The fraction of sp³-hybridized carbons (Fsp3) is 0.111. The minimum absolute atomic E-state index is 0.0323. The van der Waals surface area contributed by atoms with Crippen LogP contribution in [0.25, 0.3) is 17.0 Å². The van der Waals surface area contributed by atoms with Crippen molar-refractivity contribution < 1.29 is 9.32 Å². The second-order valence-corrected chi connectivity index (χ2v) is 5.81. The zero-order chi connectivity index (χ0) is 18.8. The molecule has 0 radical (unpaired) electrons. The molecule has 4 aromatic rings. The number of aromatic nitrogens is 5. The van der Waals surface area contributed by atoms with Gasteiger partial charge in [-0.2, -0.15) is 4.98 Å². The first-order valence-electron chi connectivity index (χ1n) is 8.08. The second-order valence-electron chi connectivity index (χ2n) is 5.81. The van der Waals surface area contributed by atoms with Gasteiger partial charge in [-0.05, 0) is 24.3 Å². The highest BCUT2D eigenvalue weighted by Crippen LogP contribution is 2.15. The van der Waals surface area contributed by atoms with Crippen LogP contribution in [0.1, 0.15) is 16.2 Å². The van der Waals surface area contributed by atoms with E-state index in [2.05, 4.69) is 20.1 Å². The van der Waals surface area contributed by atoms with Gasteiger partial charge in [-0.15, -0.1) is 0 Å². The van der Waals surface area contributed by atoms with Crippen molar-refractivity contribution >= 4 is 11.6 Å². The van der Waals surface area contributed by atoms with Crippen molar-refractivity contribution in [3.63, 3.8) is 0 Å². The van der Waals surface area contributed by atoms with Crippen molar-refractivity contribution in [2.75, 3.05) is 7.05 Å². The molecule has 4 heterocycles. The standard InChI is InChI=1S/C18H14N6O3/c1-23(11-15-21-16(22-27-15)12-5-7-19-8-6-12)17(25)13-10-20-14-4-2-3-9-24(14)18(13)26/h2-10H,11H2,1H3. The molecule has 0 atom stereocenters. The van der Waals surface area contributed by atoms with Gasteiger partial charge in [0.05, 0.1) is 0 Å². The zero-order valence-corrected chi connectivity index (χ0v) is 14.3. The minimum atomic E-state index is -0.477. The van der Waals surface area contributed by atoms with E-state index in [1.807, 2.05) is 0 Å². The van der Waals surface area contributed by atoms with Crippen LogP contribution in [0, 0.1) is 0 Å². The second kappa shape index (κ2) is 6.79. The van der Waals surface area contributed by atoms with Gasteiger partial charge >= 0.3 is 0 Å². The van der Waals surface area contributed by atoms with E-state index in [4.69, 9.17) is 4.52 Å². The largest absolute Gasteiger partial charge is 0.337 e. The third kappa shape index (κ3) is 3.17. The third-order valence-electron chi connectivity index (χ3n) is 3.97. The Morgan fingerprint density at radius 2 is 2.04 bits per heavy atom. The molecule has 0 fully saturated rings. The monoisotopic (exact) mass is 362 g/mol. The smallest absolute Gasteiger partial charge is 0.270 e. The van der Waals surface area contributed by atoms with Crippen molar-refractivity contribution in [2.45, 2.75) is 6.54 Å². The van der Waals surface area contributed by atoms with Crippen LogP contribution in [-0.4, -0.2) is 42.4 Å². The van der Waals surface area contributed by atoms with Crippen LogP contribution < -0.4 is 5.56 Å². The summed E-state index contributed by atoms with van der Waals surface area (Å²) >= 11 is 0. The molecule has 0 aliphatic rings. The molecule has 0 aliphatic heterocycles. The molecule has 4 aromatic heterocycles. The fourth-order valence-corrected chi connectivity index (χ4v) is 2.59. The lowest BCUT2D eigenvalue weighted by atomic mass is 10.2. The van der Waals surface area contributed by atoms with Gasteiger partial charge in [-0.1, -0.05) is 11.2 Å². The Morgan fingerprint density at radius 3 is 2.85 bits per heavy atom. The molecular formula is C18H14N6O3. The minimum Gasteiger partial charge on any atom is -0.337 e. The molecular weight excluding hydrogens is 348 g/mol. The van der Waals surface area contributed by atoms with Crippen LogP contribution in [0.5, 0.6) is 0 Å². The van der Waals surface area contributed by atoms with E-state index >= 15 is 0 Å². The summed E-state index contributed by atoms with van der Waals surface area (Å²) in [4.78, 5) is 38.9. The number of fused-ring (bicyclic) bond motifs is 1. The number of carbonyl (C=O) groups excluding carboxylic acids is 1. The van der Waals surface area contributed by atoms with Gasteiger partial charge in [0.15, 0.2) is 0 Å². The molecule has 9 heteroatoms. The van der Waals surface area contributed by atoms with Crippen molar-refractivity contribution in [3.8, 4) is 11.4 Å². The summed E-state index contributed by atoms with van der Waals surface area (Å²) in [6.07, 6.45) is 6.11. The highest BCUT2D eigenvalue weighted by Gasteiger charge is 2.20. The SMILES string of the molecule is CN(Cc1nc(-c2ccncc2)no1)C(=O)c1cnc2ccccn2c1=O. The maximum Gasteiger partial charge on any atom is 0.270 e. The average molecular weight is 362 g/mol. The first kappa shape index (κ1) is 16.6. The normalized spacial score (nSPS) is 10.9. The number of carbonyl (C=O) groups is 1. The lowest BCUT2D eigenvalue weighted by Crippen LogP contribution is -2.33. The number of rotatable bonds is 4. The van der Waals surface area contributed by atoms with Crippen LogP contribution >= 0.6 is 0 Å². The molecule has 0 aromatic carbocycles. The van der Waals surface area contributed by atoms with Crippen molar-refractivity contribution in [1.29, 1.82) is 0 Å². The summed E-state index contributed by atoms with van der Waals surface area (Å²) in [5.41, 5.74) is 0.766. The molecule has 1 amide bonds. The molecule has 0 N–H and O–H groups in total. The molecule has 0 bridgehead atoms. The topological polar surface area (TPSA) is 106 Å². The van der Waals surface area contributed by atoms with Gasteiger partial charge in [0, 0.05) is 37.4 Å². The average Bonchev–Trinajstić information content (AvgIpc) is 3.17. The van der Waals surface area contributed by atoms with E-state index in [0.717, 1.165) is 5.56 Å². The lowest BCUT2D eigenvalue weighted by molar-refractivity contribution is 0.0767. The maximum atomic E-state index is 12.7. The number of nitrogens with zero attached hydrogens (tertiary/aromatic N) is 6. The lowest BCUT2D eigenvalue weighted by Gasteiger charge is -2.14. The summed E-state index contributed by atoms with van der Waals surface area (Å²) in [6.45, 7) is 0.0633. The first-order chi connectivity index (χ1) is 13.1. The Bertz CT molecular complexity index is 1170. The number of hydrogen-bond acceptors (Lipinski definition) is 7. The number of hydrogen-bond donors (Lipinski definition) is 0. The predicted octanol–water partition coefficient (Wildman–Crippen LogP) is 1.41. The van der Waals surface area contributed by atoms with E-state index in [-0.39, 0.29) is 18.0 Å². The quantitative estimate of drug-likeness (QED) is 0.540. The van der Waals surface area contributed by atoms with Crippen LogP contribution in [0.2, 0.25) is 0 Å². The van der Waals surface area contributed by atoms with Gasteiger partial charge in [-0.25, -0.2) is 4.98 Å². The number of pyridine rings is 2. The molecule has 0 saturated carbocycles. The Kier molecular flexibility index (Phi) is 4.17. The van der Waals surface area contributed by atoms with E-state index in [0.29, 0.717) is 11.5 Å². The van der Waals surface area contributed by atoms with Crippen LogP contribution in [-0.2, 0) is 6.54 Å². The predicted molar refractivity (Wildman–Crippen MR) is 94.8 cm³/mol. The molecule has 4 rings (SSSR count). The van der Waals surface area contributed by atoms with Gasteiger partial charge in [0.25, 0.3) is 11.5 Å². The Labute approximate surface area is 152 Å². The molecule has 27 heavy (non-hydrogen) atoms. The highest BCUT2D eigenvalue weighted by atomic mass is 16.5. The summed E-state index contributed by atoms with van der Waals surface area (Å²) in [5, 5.41) is 3.90. The molecule has 0 spiro atoms. The first-order valence-corrected chi connectivity index (χ1v) is 8.08. The van der Waals surface area contributed by atoms with E-state index < -0.39 is 11.5 Å². The molecule has 0 unspecified atom stereocenters. The van der Waals surface area contributed by atoms with Gasteiger partial charge in [0.2, 0.25) is 11.7 Å². The summed E-state index contributed by atoms with van der Waals surface area (Å²) in [5.74, 6) is 0.182.